The molecule has 1 aromatic rings. The van der Waals surface area contributed by atoms with Crippen molar-refractivity contribution in [1.82, 2.24) is 19.8 Å². The molecule has 3 rings (SSSR count). The average Bonchev–Trinajstić information content (AvgIpc) is 2.46. The third kappa shape index (κ3) is 3.17. The van der Waals surface area contributed by atoms with E-state index in [1.54, 1.807) is 0 Å². The Morgan fingerprint density at radius 2 is 1.82 bits per heavy atom. The number of anilines is 2. The zero-order valence-corrected chi connectivity index (χ0v) is 14.2. The monoisotopic (exact) mass is 304 g/mol. The van der Waals surface area contributed by atoms with Gasteiger partial charge in [-0.25, -0.2) is 4.98 Å². The van der Waals surface area contributed by atoms with Crippen LogP contribution in [0.3, 0.4) is 0 Å². The van der Waals surface area contributed by atoms with Crippen LogP contribution in [0.5, 0.6) is 0 Å². The third-order valence-corrected chi connectivity index (χ3v) is 4.81. The van der Waals surface area contributed by atoms with Crippen molar-refractivity contribution in [2.75, 3.05) is 63.2 Å². The molecule has 122 valence electrons. The third-order valence-electron chi connectivity index (χ3n) is 4.81. The van der Waals surface area contributed by atoms with E-state index in [1.807, 2.05) is 31.3 Å². The lowest BCUT2D eigenvalue weighted by Crippen LogP contribution is -2.63. The molecule has 0 saturated carbocycles. The quantitative estimate of drug-likeness (QED) is 0.818. The summed E-state index contributed by atoms with van der Waals surface area (Å²) in [5, 5.41) is 0. The summed E-state index contributed by atoms with van der Waals surface area (Å²) in [5.41, 5.74) is 0. The van der Waals surface area contributed by atoms with E-state index in [4.69, 9.17) is 0 Å². The van der Waals surface area contributed by atoms with Crippen LogP contribution >= 0.6 is 0 Å². The Kier molecular flexibility index (Phi) is 4.49. The second kappa shape index (κ2) is 6.38. The van der Waals surface area contributed by atoms with E-state index < -0.39 is 0 Å². The minimum Gasteiger partial charge on any atom is -0.353 e. The first-order valence-corrected chi connectivity index (χ1v) is 8.28. The fraction of sp³-hybridized carbons (Fsp3) is 0.750. The zero-order valence-electron chi connectivity index (χ0n) is 14.2. The summed E-state index contributed by atoms with van der Waals surface area (Å²) in [5.74, 6) is 1.84. The Bertz CT molecular complexity index is 489. The number of nitrogens with zero attached hydrogens (tertiary/aromatic N) is 6. The predicted octanol–water partition coefficient (Wildman–Crippen LogP) is 0.757. The molecule has 3 heterocycles. The smallest absolute Gasteiger partial charge is 0.226 e. The number of rotatable bonds is 4. The van der Waals surface area contributed by atoms with E-state index in [0.717, 1.165) is 24.9 Å². The highest BCUT2D eigenvalue weighted by Crippen LogP contribution is 2.23. The van der Waals surface area contributed by atoms with Crippen LogP contribution in [-0.4, -0.2) is 85.2 Å². The summed E-state index contributed by atoms with van der Waals surface area (Å²) in [7, 11) is 3.96. The van der Waals surface area contributed by atoms with Crippen LogP contribution in [0.15, 0.2) is 12.3 Å². The lowest BCUT2D eigenvalue weighted by atomic mass is 10.1. The maximum Gasteiger partial charge on any atom is 0.226 e. The van der Waals surface area contributed by atoms with Crippen LogP contribution in [0.2, 0.25) is 0 Å². The van der Waals surface area contributed by atoms with E-state index >= 15 is 0 Å². The van der Waals surface area contributed by atoms with Crippen molar-refractivity contribution in [2.45, 2.75) is 25.9 Å². The van der Waals surface area contributed by atoms with E-state index in [1.165, 1.54) is 26.2 Å². The van der Waals surface area contributed by atoms with Gasteiger partial charge >= 0.3 is 0 Å². The molecule has 6 nitrogen and oxygen atoms in total. The van der Waals surface area contributed by atoms with Crippen LogP contribution < -0.4 is 9.80 Å². The van der Waals surface area contributed by atoms with Crippen LogP contribution in [0.4, 0.5) is 11.8 Å². The normalized spacial score (nSPS) is 21.2. The van der Waals surface area contributed by atoms with Crippen molar-refractivity contribution < 1.29 is 0 Å². The van der Waals surface area contributed by atoms with Crippen LogP contribution in [0, 0.1) is 0 Å². The Hall–Kier alpha value is -1.40. The highest BCUT2D eigenvalue weighted by molar-refractivity contribution is 5.46. The van der Waals surface area contributed by atoms with Crippen LogP contribution in [-0.2, 0) is 0 Å². The lowest BCUT2D eigenvalue weighted by molar-refractivity contribution is 0.0676. The summed E-state index contributed by atoms with van der Waals surface area (Å²) in [6, 6.07) is 3.37. The number of hydrogen-bond donors (Lipinski definition) is 0. The Balaban J connectivity index is 1.51. The molecule has 22 heavy (non-hydrogen) atoms. The largest absolute Gasteiger partial charge is 0.353 e. The summed E-state index contributed by atoms with van der Waals surface area (Å²) in [6.45, 7) is 11.6. The molecule has 0 aromatic carbocycles. The Morgan fingerprint density at radius 1 is 1.14 bits per heavy atom. The van der Waals surface area contributed by atoms with Gasteiger partial charge in [-0.2, -0.15) is 4.98 Å². The molecule has 0 unspecified atom stereocenters. The molecule has 0 spiro atoms. The average molecular weight is 304 g/mol. The van der Waals surface area contributed by atoms with E-state index in [2.05, 4.69) is 38.5 Å². The highest BCUT2D eigenvalue weighted by Gasteiger charge is 2.34. The van der Waals surface area contributed by atoms with Gasteiger partial charge in [0.2, 0.25) is 5.95 Å². The SMILES string of the molecule is CC(C)N1CCN(C2CN(c3ccnc(N(C)C)n3)C2)CC1. The fourth-order valence-corrected chi connectivity index (χ4v) is 3.22. The molecule has 0 aliphatic carbocycles. The summed E-state index contributed by atoms with van der Waals surface area (Å²) in [4.78, 5) is 18.4. The van der Waals surface area contributed by atoms with E-state index in [0.29, 0.717) is 12.1 Å². The van der Waals surface area contributed by atoms with Crippen LogP contribution in [0.25, 0.3) is 0 Å². The van der Waals surface area contributed by atoms with Gasteiger partial charge in [-0.3, -0.25) is 9.80 Å². The van der Waals surface area contributed by atoms with Crippen LogP contribution in [0.1, 0.15) is 13.8 Å². The maximum absolute atomic E-state index is 4.62. The number of aromatic nitrogens is 2. The summed E-state index contributed by atoms with van der Waals surface area (Å²) < 4.78 is 0. The molecule has 1 aromatic heterocycles. The molecule has 0 N–H and O–H groups in total. The number of hydrogen-bond acceptors (Lipinski definition) is 6. The predicted molar refractivity (Wildman–Crippen MR) is 90.6 cm³/mol. The fourth-order valence-electron chi connectivity index (χ4n) is 3.22. The van der Waals surface area contributed by atoms with Gasteiger partial charge in [-0.1, -0.05) is 0 Å². The first-order valence-electron chi connectivity index (χ1n) is 8.28. The molecular formula is C16H28N6. The molecule has 2 aliphatic rings. The van der Waals surface area contributed by atoms with Gasteiger partial charge in [0.1, 0.15) is 5.82 Å². The van der Waals surface area contributed by atoms with Gasteiger partial charge in [0.15, 0.2) is 0 Å². The molecule has 2 saturated heterocycles. The van der Waals surface area contributed by atoms with Crippen molar-refractivity contribution in [1.29, 1.82) is 0 Å². The van der Waals surface area contributed by atoms with Crippen molar-refractivity contribution in [3.63, 3.8) is 0 Å². The second-order valence-electron chi connectivity index (χ2n) is 6.83. The summed E-state index contributed by atoms with van der Waals surface area (Å²) in [6.07, 6.45) is 1.85. The zero-order chi connectivity index (χ0) is 15.7. The standard InChI is InChI=1S/C16H28N6/c1-13(2)20-7-9-21(10-8-20)14-11-22(12-14)15-5-6-17-16(18-15)19(3)4/h5-6,13-14H,7-12H2,1-4H3. The lowest BCUT2D eigenvalue weighted by Gasteiger charge is -2.49. The van der Waals surface area contributed by atoms with Gasteiger partial charge in [-0.05, 0) is 19.9 Å². The highest BCUT2D eigenvalue weighted by atomic mass is 15.4. The molecule has 0 radical (unpaired) electrons. The van der Waals surface area contributed by atoms with E-state index in [-0.39, 0.29) is 0 Å². The van der Waals surface area contributed by atoms with Gasteiger partial charge in [0, 0.05) is 71.6 Å². The van der Waals surface area contributed by atoms with Crippen molar-refractivity contribution >= 4 is 11.8 Å². The van der Waals surface area contributed by atoms with Crippen molar-refractivity contribution in [3.05, 3.63) is 12.3 Å². The minimum absolute atomic E-state index is 0.672. The topological polar surface area (TPSA) is 38.7 Å². The molecule has 0 amide bonds. The molecule has 0 bridgehead atoms. The van der Waals surface area contributed by atoms with Gasteiger partial charge in [0.25, 0.3) is 0 Å². The van der Waals surface area contributed by atoms with E-state index in [9.17, 15) is 0 Å². The molecular weight excluding hydrogens is 276 g/mol. The minimum atomic E-state index is 0.672. The molecule has 0 atom stereocenters. The maximum atomic E-state index is 4.62. The summed E-state index contributed by atoms with van der Waals surface area (Å²) >= 11 is 0. The second-order valence-corrected chi connectivity index (χ2v) is 6.83. The van der Waals surface area contributed by atoms with Gasteiger partial charge < -0.3 is 9.80 Å². The molecule has 6 heteroatoms. The van der Waals surface area contributed by atoms with Crippen molar-refractivity contribution in [3.8, 4) is 0 Å². The van der Waals surface area contributed by atoms with Gasteiger partial charge in [-0.15, -0.1) is 0 Å². The van der Waals surface area contributed by atoms with Crippen molar-refractivity contribution in [2.24, 2.45) is 0 Å². The molecule has 2 aliphatic heterocycles. The Labute approximate surface area is 133 Å². The first-order chi connectivity index (χ1) is 10.5. The van der Waals surface area contributed by atoms with Gasteiger partial charge in [0.05, 0.1) is 0 Å². The first kappa shape index (κ1) is 15.5. The molecule has 2 fully saturated rings. The Morgan fingerprint density at radius 3 is 2.41 bits per heavy atom. The number of piperazine rings is 1.